The van der Waals surface area contributed by atoms with Crippen LogP contribution in [0.3, 0.4) is 0 Å². The first-order valence-electron chi connectivity index (χ1n) is 10.5. The van der Waals surface area contributed by atoms with Crippen LogP contribution in [0.2, 0.25) is 0 Å². The number of aromatic nitrogens is 1. The predicted molar refractivity (Wildman–Crippen MR) is 123 cm³/mol. The molecular weight excluding hydrogens is 414 g/mol. The number of pyridine rings is 1. The van der Waals surface area contributed by atoms with Crippen LogP contribution in [0.1, 0.15) is 24.0 Å². The number of amides is 1. The average Bonchev–Trinajstić information content (AvgIpc) is 2.74. The number of carbonyl (C=O) groups is 1. The van der Waals surface area contributed by atoms with Crippen molar-refractivity contribution in [1.29, 1.82) is 0 Å². The van der Waals surface area contributed by atoms with Gasteiger partial charge >= 0.3 is 0 Å². The highest BCUT2D eigenvalue weighted by molar-refractivity contribution is 7.89. The summed E-state index contributed by atoms with van der Waals surface area (Å²) in [5.74, 6) is 0.742. The van der Waals surface area contributed by atoms with Gasteiger partial charge in [0.05, 0.1) is 16.8 Å². The molecule has 168 valence electrons. The molecular formula is C22H31N5O3S. The lowest BCUT2D eigenvalue weighted by Crippen LogP contribution is -2.44. The number of piperazine rings is 1. The smallest absolute Gasteiger partial charge is 0.240 e. The highest BCUT2D eigenvalue weighted by Gasteiger charge is 2.16. The van der Waals surface area contributed by atoms with E-state index in [9.17, 15) is 13.2 Å². The topological polar surface area (TPSA) is 94.6 Å². The normalized spacial score (nSPS) is 15.1. The van der Waals surface area contributed by atoms with Gasteiger partial charge in [0.25, 0.3) is 0 Å². The van der Waals surface area contributed by atoms with Gasteiger partial charge in [-0.05, 0) is 62.7 Å². The van der Waals surface area contributed by atoms with E-state index in [1.807, 2.05) is 26.0 Å². The van der Waals surface area contributed by atoms with E-state index in [2.05, 4.69) is 31.9 Å². The van der Waals surface area contributed by atoms with Crippen LogP contribution in [0.5, 0.6) is 0 Å². The van der Waals surface area contributed by atoms with Crippen LogP contribution in [-0.2, 0) is 14.8 Å². The van der Waals surface area contributed by atoms with Crippen LogP contribution in [0.25, 0.3) is 0 Å². The standard InChI is InChI=1S/C22H31N5O3S/c1-17-6-8-20(15-18(17)2)31(29,30)24-10-4-5-22(28)25-19-7-9-21(23-16-19)27-13-11-26(3)12-14-27/h6-9,15-16,24H,4-5,10-14H2,1-3H3,(H,25,28). The molecule has 3 rings (SSSR count). The number of likely N-dealkylation sites (N-methyl/N-ethyl adjacent to an activating group) is 1. The van der Waals surface area contributed by atoms with Crippen molar-refractivity contribution in [3.8, 4) is 0 Å². The van der Waals surface area contributed by atoms with E-state index >= 15 is 0 Å². The van der Waals surface area contributed by atoms with Crippen molar-refractivity contribution in [2.75, 3.05) is 50.0 Å². The molecule has 9 heteroatoms. The molecule has 2 aromatic rings. The van der Waals surface area contributed by atoms with E-state index in [0.717, 1.165) is 43.1 Å². The zero-order valence-electron chi connectivity index (χ0n) is 18.4. The van der Waals surface area contributed by atoms with Gasteiger partial charge < -0.3 is 15.1 Å². The first-order valence-corrected chi connectivity index (χ1v) is 12.0. The third-order valence-electron chi connectivity index (χ3n) is 5.52. The molecule has 0 spiro atoms. The molecule has 0 saturated carbocycles. The fraction of sp³-hybridized carbons (Fsp3) is 0.455. The van der Waals surface area contributed by atoms with E-state index in [-0.39, 0.29) is 23.8 Å². The highest BCUT2D eigenvalue weighted by Crippen LogP contribution is 2.17. The number of sulfonamides is 1. The number of anilines is 2. The number of rotatable bonds is 8. The van der Waals surface area contributed by atoms with Crippen molar-refractivity contribution in [2.45, 2.75) is 31.6 Å². The minimum Gasteiger partial charge on any atom is -0.354 e. The molecule has 0 bridgehead atoms. The second-order valence-electron chi connectivity index (χ2n) is 7.99. The molecule has 0 atom stereocenters. The molecule has 0 unspecified atom stereocenters. The molecule has 0 radical (unpaired) electrons. The lowest BCUT2D eigenvalue weighted by molar-refractivity contribution is -0.116. The van der Waals surface area contributed by atoms with Gasteiger partial charge in [-0.2, -0.15) is 0 Å². The van der Waals surface area contributed by atoms with Crippen molar-refractivity contribution < 1.29 is 13.2 Å². The Kier molecular flexibility index (Phi) is 7.64. The van der Waals surface area contributed by atoms with Gasteiger partial charge in [0, 0.05) is 39.1 Å². The highest BCUT2D eigenvalue weighted by atomic mass is 32.2. The van der Waals surface area contributed by atoms with E-state index in [1.165, 1.54) is 0 Å². The summed E-state index contributed by atoms with van der Waals surface area (Å²) in [4.78, 5) is 21.4. The molecule has 2 heterocycles. The summed E-state index contributed by atoms with van der Waals surface area (Å²) >= 11 is 0. The molecule has 0 aliphatic carbocycles. The van der Waals surface area contributed by atoms with Gasteiger partial charge in [-0.3, -0.25) is 4.79 Å². The summed E-state index contributed by atoms with van der Waals surface area (Å²) < 4.78 is 27.3. The molecule has 1 saturated heterocycles. The Bertz CT molecular complexity index is 1000. The zero-order chi connectivity index (χ0) is 22.4. The van der Waals surface area contributed by atoms with Gasteiger partial charge in [0.15, 0.2) is 0 Å². The Morgan fingerprint density at radius 2 is 1.81 bits per heavy atom. The maximum absolute atomic E-state index is 12.4. The van der Waals surface area contributed by atoms with Crippen LogP contribution < -0.4 is 14.9 Å². The Morgan fingerprint density at radius 3 is 2.45 bits per heavy atom. The monoisotopic (exact) mass is 445 g/mol. The maximum Gasteiger partial charge on any atom is 0.240 e. The largest absolute Gasteiger partial charge is 0.354 e. The number of hydrogen-bond donors (Lipinski definition) is 2. The second kappa shape index (κ2) is 10.2. The van der Waals surface area contributed by atoms with Crippen molar-refractivity contribution in [2.24, 2.45) is 0 Å². The summed E-state index contributed by atoms with van der Waals surface area (Å²) in [7, 11) is -1.47. The zero-order valence-corrected chi connectivity index (χ0v) is 19.2. The molecule has 8 nitrogen and oxygen atoms in total. The summed E-state index contributed by atoms with van der Waals surface area (Å²) in [6.07, 6.45) is 2.28. The first kappa shape index (κ1) is 23.2. The molecule has 1 aromatic carbocycles. The number of aryl methyl sites for hydroxylation is 2. The van der Waals surface area contributed by atoms with Crippen LogP contribution in [0.15, 0.2) is 41.4 Å². The third-order valence-corrected chi connectivity index (χ3v) is 6.98. The second-order valence-corrected chi connectivity index (χ2v) is 9.76. The van der Waals surface area contributed by atoms with Gasteiger partial charge in [-0.25, -0.2) is 18.1 Å². The van der Waals surface area contributed by atoms with Crippen LogP contribution >= 0.6 is 0 Å². The molecule has 1 amide bonds. The van der Waals surface area contributed by atoms with Crippen molar-refractivity contribution in [3.63, 3.8) is 0 Å². The molecule has 1 aliphatic heterocycles. The Morgan fingerprint density at radius 1 is 1.06 bits per heavy atom. The Labute approximate surface area is 184 Å². The van der Waals surface area contributed by atoms with Gasteiger partial charge in [-0.1, -0.05) is 6.07 Å². The average molecular weight is 446 g/mol. The molecule has 1 fully saturated rings. The number of carbonyl (C=O) groups excluding carboxylic acids is 1. The number of hydrogen-bond acceptors (Lipinski definition) is 6. The number of nitrogens with one attached hydrogen (secondary N) is 2. The minimum atomic E-state index is -3.57. The van der Waals surface area contributed by atoms with E-state index in [1.54, 1.807) is 24.4 Å². The fourth-order valence-electron chi connectivity index (χ4n) is 3.33. The maximum atomic E-state index is 12.4. The van der Waals surface area contributed by atoms with E-state index in [0.29, 0.717) is 12.1 Å². The van der Waals surface area contributed by atoms with Crippen LogP contribution in [0, 0.1) is 13.8 Å². The van der Waals surface area contributed by atoms with Gasteiger partial charge in [0.2, 0.25) is 15.9 Å². The molecule has 2 N–H and O–H groups in total. The quantitative estimate of drug-likeness (QED) is 0.605. The summed E-state index contributed by atoms with van der Waals surface area (Å²) in [6.45, 7) is 7.91. The summed E-state index contributed by atoms with van der Waals surface area (Å²) in [6, 6.07) is 8.80. The number of nitrogens with zero attached hydrogens (tertiary/aromatic N) is 3. The molecule has 31 heavy (non-hydrogen) atoms. The van der Waals surface area contributed by atoms with Gasteiger partial charge in [0.1, 0.15) is 5.82 Å². The van der Waals surface area contributed by atoms with Gasteiger partial charge in [-0.15, -0.1) is 0 Å². The van der Waals surface area contributed by atoms with E-state index < -0.39 is 10.0 Å². The van der Waals surface area contributed by atoms with Crippen LogP contribution in [0.4, 0.5) is 11.5 Å². The molecule has 1 aliphatic rings. The van der Waals surface area contributed by atoms with Crippen LogP contribution in [-0.4, -0.2) is 64.0 Å². The summed E-state index contributed by atoms with van der Waals surface area (Å²) in [5, 5.41) is 2.82. The lowest BCUT2D eigenvalue weighted by atomic mass is 10.1. The van der Waals surface area contributed by atoms with Crippen molar-refractivity contribution in [1.82, 2.24) is 14.6 Å². The fourth-order valence-corrected chi connectivity index (χ4v) is 4.48. The van der Waals surface area contributed by atoms with E-state index in [4.69, 9.17) is 0 Å². The summed E-state index contributed by atoms with van der Waals surface area (Å²) in [5.41, 5.74) is 2.61. The minimum absolute atomic E-state index is 0.167. The lowest BCUT2D eigenvalue weighted by Gasteiger charge is -2.33. The Balaban J connectivity index is 1.42. The SMILES string of the molecule is Cc1ccc(S(=O)(=O)NCCCC(=O)Nc2ccc(N3CCN(C)CC3)nc2)cc1C. The predicted octanol–water partition coefficient (Wildman–Crippen LogP) is 2.15. The number of benzene rings is 1. The molecule has 1 aromatic heterocycles. The third kappa shape index (κ3) is 6.49. The first-order chi connectivity index (χ1) is 14.7. The van der Waals surface area contributed by atoms with Crippen molar-refractivity contribution >= 4 is 27.4 Å². The van der Waals surface area contributed by atoms with Crippen molar-refractivity contribution in [3.05, 3.63) is 47.7 Å². The Hall–Kier alpha value is -2.49.